The van der Waals surface area contributed by atoms with E-state index in [1.54, 1.807) is 7.11 Å². The van der Waals surface area contributed by atoms with Crippen LogP contribution >= 0.6 is 0 Å². The lowest BCUT2D eigenvalue weighted by molar-refractivity contribution is 0.411. The third-order valence-electron chi connectivity index (χ3n) is 3.45. The lowest BCUT2D eigenvalue weighted by atomic mass is 10.0. The second kappa shape index (κ2) is 6.50. The van der Waals surface area contributed by atoms with Crippen molar-refractivity contribution < 1.29 is 4.74 Å². The number of rotatable bonds is 6. The Hall–Kier alpha value is -1.22. The molecule has 1 aromatic rings. The van der Waals surface area contributed by atoms with Crippen LogP contribution in [0.5, 0.6) is 5.75 Å². The summed E-state index contributed by atoms with van der Waals surface area (Å²) in [5.74, 6) is 1.48. The van der Waals surface area contributed by atoms with Gasteiger partial charge in [0.2, 0.25) is 0 Å². The highest BCUT2D eigenvalue weighted by molar-refractivity contribution is 5.58. The molecule has 0 aliphatic carbocycles. The van der Waals surface area contributed by atoms with Gasteiger partial charge < -0.3 is 15.8 Å². The van der Waals surface area contributed by atoms with Gasteiger partial charge in [0.25, 0.3) is 0 Å². The molecule has 0 aliphatic rings. The summed E-state index contributed by atoms with van der Waals surface area (Å²) >= 11 is 0. The summed E-state index contributed by atoms with van der Waals surface area (Å²) in [4.78, 5) is 0. The van der Waals surface area contributed by atoms with E-state index in [1.807, 2.05) is 6.07 Å². The molecule has 3 heteroatoms. The van der Waals surface area contributed by atoms with Crippen LogP contribution in [0.4, 0.5) is 5.69 Å². The van der Waals surface area contributed by atoms with Gasteiger partial charge in [-0.1, -0.05) is 13.3 Å². The summed E-state index contributed by atoms with van der Waals surface area (Å²) in [5, 5.41) is 3.47. The van der Waals surface area contributed by atoms with E-state index >= 15 is 0 Å². The first-order chi connectivity index (χ1) is 8.13. The second-order valence-electron chi connectivity index (χ2n) is 4.46. The number of methoxy groups -OCH3 is 1. The van der Waals surface area contributed by atoms with E-state index in [-0.39, 0.29) is 0 Å². The van der Waals surface area contributed by atoms with Crippen LogP contribution in [0.25, 0.3) is 0 Å². The lowest BCUT2D eigenvalue weighted by Gasteiger charge is -2.17. The molecular formula is C14H24N2O. The van der Waals surface area contributed by atoms with Crippen molar-refractivity contribution in [3.63, 3.8) is 0 Å². The number of benzene rings is 1. The van der Waals surface area contributed by atoms with Crippen LogP contribution in [0.3, 0.4) is 0 Å². The predicted octanol–water partition coefficient (Wildman–Crippen LogP) is 2.71. The fraction of sp³-hybridized carbons (Fsp3) is 0.571. The van der Waals surface area contributed by atoms with E-state index in [0.717, 1.165) is 25.3 Å². The van der Waals surface area contributed by atoms with Gasteiger partial charge in [0.15, 0.2) is 0 Å². The standard InChI is InChI=1S/C14H24N2O/c1-5-12(8-15)9-16-13-6-7-14(17-4)11(3)10(13)2/h6-7,12,16H,5,8-9,15H2,1-4H3. The minimum atomic E-state index is 0.539. The van der Waals surface area contributed by atoms with Crippen molar-refractivity contribution in [2.75, 3.05) is 25.5 Å². The molecule has 1 atom stereocenters. The maximum Gasteiger partial charge on any atom is 0.122 e. The summed E-state index contributed by atoms with van der Waals surface area (Å²) in [7, 11) is 1.70. The molecule has 3 N–H and O–H groups in total. The van der Waals surface area contributed by atoms with Gasteiger partial charge in [0.1, 0.15) is 5.75 Å². The monoisotopic (exact) mass is 236 g/mol. The van der Waals surface area contributed by atoms with Gasteiger partial charge >= 0.3 is 0 Å². The molecule has 0 saturated carbocycles. The largest absolute Gasteiger partial charge is 0.496 e. The van der Waals surface area contributed by atoms with Crippen LogP contribution in [-0.2, 0) is 0 Å². The highest BCUT2D eigenvalue weighted by Gasteiger charge is 2.08. The molecule has 1 rings (SSSR count). The number of hydrogen-bond acceptors (Lipinski definition) is 3. The van der Waals surface area contributed by atoms with Crippen molar-refractivity contribution in [2.24, 2.45) is 11.7 Å². The maximum absolute atomic E-state index is 5.70. The maximum atomic E-state index is 5.70. The Kier molecular flexibility index (Phi) is 5.29. The molecule has 1 aromatic carbocycles. The first kappa shape index (κ1) is 13.8. The molecule has 0 bridgehead atoms. The molecule has 0 saturated heterocycles. The van der Waals surface area contributed by atoms with Crippen molar-refractivity contribution in [2.45, 2.75) is 27.2 Å². The molecule has 0 radical (unpaired) electrons. The van der Waals surface area contributed by atoms with Crippen molar-refractivity contribution in [3.8, 4) is 5.75 Å². The SMILES string of the molecule is CCC(CN)CNc1ccc(OC)c(C)c1C. The quantitative estimate of drug-likeness (QED) is 0.798. The van der Waals surface area contributed by atoms with E-state index in [1.165, 1.54) is 16.8 Å². The van der Waals surface area contributed by atoms with Crippen LogP contribution in [0.15, 0.2) is 12.1 Å². The molecule has 0 spiro atoms. The zero-order valence-electron chi connectivity index (χ0n) is 11.3. The second-order valence-corrected chi connectivity index (χ2v) is 4.46. The number of nitrogens with two attached hydrogens (primary N) is 1. The molecule has 17 heavy (non-hydrogen) atoms. The number of nitrogens with one attached hydrogen (secondary N) is 1. The van der Waals surface area contributed by atoms with Crippen LogP contribution < -0.4 is 15.8 Å². The Morgan fingerprint density at radius 2 is 2.00 bits per heavy atom. The predicted molar refractivity (Wildman–Crippen MR) is 73.8 cm³/mol. The van der Waals surface area contributed by atoms with Gasteiger partial charge in [-0.25, -0.2) is 0 Å². The molecule has 0 fully saturated rings. The topological polar surface area (TPSA) is 47.3 Å². The molecule has 3 nitrogen and oxygen atoms in total. The lowest BCUT2D eigenvalue weighted by Crippen LogP contribution is -2.22. The third-order valence-corrected chi connectivity index (χ3v) is 3.45. The van der Waals surface area contributed by atoms with Gasteiger partial charge in [-0.2, -0.15) is 0 Å². The minimum absolute atomic E-state index is 0.539. The van der Waals surface area contributed by atoms with Gasteiger partial charge in [0.05, 0.1) is 7.11 Å². The Morgan fingerprint density at radius 3 is 2.53 bits per heavy atom. The summed E-state index contributed by atoms with van der Waals surface area (Å²) in [6.07, 6.45) is 1.11. The zero-order valence-corrected chi connectivity index (χ0v) is 11.3. The molecule has 0 aromatic heterocycles. The average molecular weight is 236 g/mol. The summed E-state index contributed by atoms with van der Waals surface area (Å²) in [6, 6.07) is 4.08. The highest BCUT2D eigenvalue weighted by atomic mass is 16.5. The van der Waals surface area contributed by atoms with Gasteiger partial charge in [-0.05, 0) is 49.6 Å². The van der Waals surface area contributed by atoms with Gasteiger partial charge in [0, 0.05) is 12.2 Å². The normalized spacial score (nSPS) is 12.3. The van der Waals surface area contributed by atoms with Gasteiger partial charge in [-0.3, -0.25) is 0 Å². The van der Waals surface area contributed by atoms with E-state index in [9.17, 15) is 0 Å². The first-order valence-electron chi connectivity index (χ1n) is 6.22. The van der Waals surface area contributed by atoms with Crippen molar-refractivity contribution in [1.82, 2.24) is 0 Å². The number of ether oxygens (including phenoxy) is 1. The van der Waals surface area contributed by atoms with Crippen LogP contribution in [0.1, 0.15) is 24.5 Å². The molecular weight excluding hydrogens is 212 g/mol. The molecule has 96 valence electrons. The number of hydrogen-bond donors (Lipinski definition) is 2. The zero-order chi connectivity index (χ0) is 12.8. The molecule has 1 unspecified atom stereocenters. The fourth-order valence-corrected chi connectivity index (χ4v) is 1.86. The minimum Gasteiger partial charge on any atom is -0.496 e. The third kappa shape index (κ3) is 3.37. The van der Waals surface area contributed by atoms with E-state index in [2.05, 4.69) is 32.2 Å². The van der Waals surface area contributed by atoms with Crippen LogP contribution in [0, 0.1) is 19.8 Å². The van der Waals surface area contributed by atoms with Gasteiger partial charge in [-0.15, -0.1) is 0 Å². The summed E-state index contributed by atoms with van der Waals surface area (Å²) < 4.78 is 5.30. The van der Waals surface area contributed by atoms with Crippen molar-refractivity contribution >= 4 is 5.69 Å². The van der Waals surface area contributed by atoms with Crippen LogP contribution in [0.2, 0.25) is 0 Å². The summed E-state index contributed by atoms with van der Waals surface area (Å²) in [5.41, 5.74) is 9.32. The Bertz CT molecular complexity index is 359. The smallest absolute Gasteiger partial charge is 0.122 e. The van der Waals surface area contributed by atoms with E-state index < -0.39 is 0 Å². The van der Waals surface area contributed by atoms with Crippen molar-refractivity contribution in [3.05, 3.63) is 23.3 Å². The van der Waals surface area contributed by atoms with E-state index in [4.69, 9.17) is 10.5 Å². The average Bonchev–Trinajstić information content (AvgIpc) is 2.35. The Morgan fingerprint density at radius 1 is 1.29 bits per heavy atom. The van der Waals surface area contributed by atoms with Crippen molar-refractivity contribution in [1.29, 1.82) is 0 Å². The Balaban J connectivity index is 2.75. The molecule has 0 aliphatic heterocycles. The first-order valence-corrected chi connectivity index (χ1v) is 6.22. The molecule has 0 heterocycles. The fourth-order valence-electron chi connectivity index (χ4n) is 1.86. The van der Waals surface area contributed by atoms with Crippen LogP contribution in [-0.4, -0.2) is 20.2 Å². The number of anilines is 1. The summed E-state index contributed by atoms with van der Waals surface area (Å²) in [6.45, 7) is 8.03. The molecule has 0 amide bonds. The van der Waals surface area contributed by atoms with E-state index in [0.29, 0.717) is 5.92 Å². The highest BCUT2D eigenvalue weighted by Crippen LogP contribution is 2.27. The Labute approximate surface area is 104 Å².